The Hall–Kier alpha value is -0.450. The zero-order valence-corrected chi connectivity index (χ0v) is 11.8. The normalized spacial score (nSPS) is 11.1. The van der Waals surface area contributed by atoms with E-state index < -0.39 is 0 Å². The average Bonchev–Trinajstić information content (AvgIpc) is 2.25. The van der Waals surface area contributed by atoms with E-state index in [2.05, 4.69) is 29.8 Å². The van der Waals surface area contributed by atoms with Crippen molar-refractivity contribution in [3.8, 4) is 0 Å². The molecule has 0 saturated carbocycles. The molecule has 1 rings (SSSR count). The van der Waals surface area contributed by atoms with Crippen molar-refractivity contribution in [2.24, 2.45) is 5.92 Å². The molecule has 17 heavy (non-hydrogen) atoms. The van der Waals surface area contributed by atoms with Gasteiger partial charge in [-0.15, -0.1) is 0 Å². The van der Waals surface area contributed by atoms with Crippen LogP contribution in [0.1, 0.15) is 19.4 Å². The van der Waals surface area contributed by atoms with Crippen LogP contribution in [-0.2, 0) is 16.1 Å². The molecular weight excluding hydrogens is 287 g/mol. The van der Waals surface area contributed by atoms with Gasteiger partial charge >= 0.3 is 0 Å². The molecule has 0 saturated heterocycles. The van der Waals surface area contributed by atoms with Gasteiger partial charge in [0, 0.05) is 11.1 Å². The Kier molecular flexibility index (Phi) is 6.70. The van der Waals surface area contributed by atoms with E-state index in [1.54, 1.807) is 6.07 Å². The van der Waals surface area contributed by atoms with E-state index in [0.29, 0.717) is 25.7 Å². The number of ether oxygens (including phenoxy) is 2. The van der Waals surface area contributed by atoms with Crippen LogP contribution in [0, 0.1) is 11.7 Å². The fraction of sp³-hybridized carbons (Fsp3) is 0.538. The molecule has 0 radical (unpaired) electrons. The van der Waals surface area contributed by atoms with Crippen LogP contribution in [0.5, 0.6) is 0 Å². The van der Waals surface area contributed by atoms with Crippen molar-refractivity contribution in [3.63, 3.8) is 0 Å². The van der Waals surface area contributed by atoms with Gasteiger partial charge in [-0.25, -0.2) is 4.39 Å². The van der Waals surface area contributed by atoms with Crippen LogP contribution in [0.15, 0.2) is 22.7 Å². The summed E-state index contributed by atoms with van der Waals surface area (Å²) in [6.45, 7) is 6.58. The predicted octanol–water partition coefficient (Wildman–Crippen LogP) is 3.78. The van der Waals surface area contributed by atoms with Crippen molar-refractivity contribution < 1.29 is 13.9 Å². The topological polar surface area (TPSA) is 18.5 Å². The third kappa shape index (κ3) is 6.15. The summed E-state index contributed by atoms with van der Waals surface area (Å²) in [6, 6.07) is 4.58. The van der Waals surface area contributed by atoms with Crippen LogP contribution < -0.4 is 0 Å². The predicted molar refractivity (Wildman–Crippen MR) is 69.4 cm³/mol. The molecule has 0 N–H and O–H groups in total. The lowest BCUT2D eigenvalue weighted by atomic mass is 10.2. The number of benzene rings is 1. The molecule has 0 bridgehead atoms. The minimum atomic E-state index is -0.249. The lowest BCUT2D eigenvalue weighted by Gasteiger charge is -2.08. The summed E-state index contributed by atoms with van der Waals surface area (Å²) in [6.07, 6.45) is 0. The van der Waals surface area contributed by atoms with E-state index in [9.17, 15) is 4.39 Å². The van der Waals surface area contributed by atoms with Gasteiger partial charge in [-0.05, 0) is 23.6 Å². The van der Waals surface area contributed by atoms with Gasteiger partial charge in [-0.3, -0.25) is 0 Å². The summed E-state index contributed by atoms with van der Waals surface area (Å²) in [4.78, 5) is 0. The highest BCUT2D eigenvalue weighted by Gasteiger charge is 2.01. The lowest BCUT2D eigenvalue weighted by Crippen LogP contribution is -2.08. The van der Waals surface area contributed by atoms with Gasteiger partial charge < -0.3 is 9.47 Å². The van der Waals surface area contributed by atoms with E-state index >= 15 is 0 Å². The SMILES string of the molecule is CC(C)COCCOCc1ccc(F)cc1Br. The smallest absolute Gasteiger partial charge is 0.124 e. The summed E-state index contributed by atoms with van der Waals surface area (Å²) in [5.74, 6) is 0.294. The van der Waals surface area contributed by atoms with Crippen molar-refractivity contribution in [2.45, 2.75) is 20.5 Å². The molecule has 0 aromatic heterocycles. The number of hydrogen-bond donors (Lipinski definition) is 0. The zero-order chi connectivity index (χ0) is 12.7. The maximum Gasteiger partial charge on any atom is 0.124 e. The standard InChI is InChI=1S/C13H18BrFO2/c1-10(2)8-16-5-6-17-9-11-3-4-12(15)7-13(11)14/h3-4,7,10H,5-6,8-9H2,1-2H3. The number of halogens is 2. The van der Waals surface area contributed by atoms with E-state index in [4.69, 9.17) is 9.47 Å². The third-order valence-corrected chi connectivity index (χ3v) is 2.83. The maximum absolute atomic E-state index is 12.8. The Morgan fingerprint density at radius 2 is 1.94 bits per heavy atom. The van der Waals surface area contributed by atoms with Crippen LogP contribution in [0.3, 0.4) is 0 Å². The van der Waals surface area contributed by atoms with E-state index in [1.807, 2.05) is 0 Å². The number of hydrogen-bond acceptors (Lipinski definition) is 2. The summed E-state index contributed by atoms with van der Waals surface area (Å²) < 4.78 is 24.4. The minimum Gasteiger partial charge on any atom is -0.379 e. The monoisotopic (exact) mass is 304 g/mol. The van der Waals surface area contributed by atoms with Crippen molar-refractivity contribution in [1.82, 2.24) is 0 Å². The van der Waals surface area contributed by atoms with Gasteiger partial charge in [0.2, 0.25) is 0 Å². The second-order valence-electron chi connectivity index (χ2n) is 4.26. The summed E-state index contributed by atoms with van der Waals surface area (Å²) in [5.41, 5.74) is 0.940. The Morgan fingerprint density at radius 1 is 1.24 bits per heavy atom. The highest BCUT2D eigenvalue weighted by Crippen LogP contribution is 2.18. The Bertz CT molecular complexity index is 342. The van der Waals surface area contributed by atoms with Gasteiger partial charge in [0.25, 0.3) is 0 Å². The highest BCUT2D eigenvalue weighted by molar-refractivity contribution is 9.10. The van der Waals surface area contributed by atoms with Crippen LogP contribution >= 0.6 is 15.9 Å². The first-order chi connectivity index (χ1) is 8.09. The average molecular weight is 305 g/mol. The second-order valence-corrected chi connectivity index (χ2v) is 5.11. The molecule has 4 heteroatoms. The molecule has 0 atom stereocenters. The molecule has 1 aromatic rings. The van der Waals surface area contributed by atoms with Crippen LogP contribution in [-0.4, -0.2) is 19.8 Å². The van der Waals surface area contributed by atoms with Crippen molar-refractivity contribution in [2.75, 3.05) is 19.8 Å². The van der Waals surface area contributed by atoms with E-state index in [0.717, 1.165) is 16.6 Å². The van der Waals surface area contributed by atoms with Gasteiger partial charge in [0.05, 0.1) is 19.8 Å². The number of rotatable bonds is 7. The quantitative estimate of drug-likeness (QED) is 0.714. The Morgan fingerprint density at radius 3 is 2.59 bits per heavy atom. The van der Waals surface area contributed by atoms with Crippen LogP contribution in [0.4, 0.5) is 4.39 Å². The molecule has 0 unspecified atom stereocenters. The summed E-state index contributed by atoms with van der Waals surface area (Å²) in [7, 11) is 0. The molecule has 0 amide bonds. The van der Waals surface area contributed by atoms with Crippen LogP contribution in [0.2, 0.25) is 0 Å². The molecule has 0 aliphatic heterocycles. The molecule has 1 aromatic carbocycles. The van der Waals surface area contributed by atoms with E-state index in [1.165, 1.54) is 12.1 Å². The van der Waals surface area contributed by atoms with Gasteiger partial charge in [-0.2, -0.15) is 0 Å². The largest absolute Gasteiger partial charge is 0.379 e. The molecule has 0 aliphatic carbocycles. The molecule has 0 heterocycles. The maximum atomic E-state index is 12.8. The Labute approximate surface area is 110 Å². The Balaban J connectivity index is 2.18. The minimum absolute atomic E-state index is 0.249. The van der Waals surface area contributed by atoms with Crippen molar-refractivity contribution in [3.05, 3.63) is 34.1 Å². The fourth-order valence-corrected chi connectivity index (χ4v) is 1.72. The summed E-state index contributed by atoms with van der Waals surface area (Å²) in [5, 5.41) is 0. The molecular formula is C13H18BrFO2. The molecule has 96 valence electrons. The van der Waals surface area contributed by atoms with Gasteiger partial charge in [0.15, 0.2) is 0 Å². The summed E-state index contributed by atoms with van der Waals surface area (Å²) >= 11 is 3.30. The first-order valence-corrected chi connectivity index (χ1v) is 6.48. The molecule has 0 fully saturated rings. The fourth-order valence-electron chi connectivity index (χ4n) is 1.26. The van der Waals surface area contributed by atoms with Crippen LogP contribution in [0.25, 0.3) is 0 Å². The van der Waals surface area contributed by atoms with Gasteiger partial charge in [0.1, 0.15) is 5.82 Å². The highest BCUT2D eigenvalue weighted by atomic mass is 79.9. The lowest BCUT2D eigenvalue weighted by molar-refractivity contribution is 0.0313. The van der Waals surface area contributed by atoms with Gasteiger partial charge in [-0.1, -0.05) is 35.8 Å². The van der Waals surface area contributed by atoms with E-state index in [-0.39, 0.29) is 5.82 Å². The molecule has 2 nitrogen and oxygen atoms in total. The van der Waals surface area contributed by atoms with Crippen molar-refractivity contribution >= 4 is 15.9 Å². The van der Waals surface area contributed by atoms with Crippen molar-refractivity contribution in [1.29, 1.82) is 0 Å². The molecule has 0 aliphatic rings. The first kappa shape index (κ1) is 14.6. The molecule has 0 spiro atoms. The first-order valence-electron chi connectivity index (χ1n) is 5.69. The second kappa shape index (κ2) is 7.80. The third-order valence-electron chi connectivity index (χ3n) is 2.10. The zero-order valence-electron chi connectivity index (χ0n) is 10.2.